The number of para-hydroxylation sites is 1. The monoisotopic (exact) mass is 628 g/mol. The van der Waals surface area contributed by atoms with E-state index in [1.165, 1.54) is 5.56 Å². The van der Waals surface area contributed by atoms with E-state index >= 15 is 0 Å². The smallest absolute Gasteiger partial charge is 0.228 e. The van der Waals surface area contributed by atoms with Crippen molar-refractivity contribution in [3.8, 4) is 33.8 Å². The molecular weight excluding hydrogens is 588 g/mol. The van der Waals surface area contributed by atoms with E-state index in [1.54, 1.807) is 0 Å². The van der Waals surface area contributed by atoms with E-state index in [4.69, 9.17) is 14.2 Å². The van der Waals surface area contributed by atoms with Crippen LogP contribution in [0.25, 0.3) is 43.8 Å². The normalized spacial score (nSPS) is 12.5. The highest BCUT2D eigenvalue weighted by molar-refractivity contribution is 6.02. The molecule has 0 bridgehead atoms. The zero-order chi connectivity index (χ0) is 32.7. The summed E-state index contributed by atoms with van der Waals surface area (Å²) in [6, 6.07) is 54.7. The Kier molecular flexibility index (Phi) is 9.49. The summed E-state index contributed by atoms with van der Waals surface area (Å²) in [4.78, 5) is 0. The van der Waals surface area contributed by atoms with E-state index in [-0.39, 0.29) is 0 Å². The second-order valence-electron chi connectivity index (χ2n) is 12.2. The van der Waals surface area contributed by atoms with E-state index in [1.807, 2.05) is 12.1 Å². The molecule has 2 unspecified atom stereocenters. The SMILES string of the molecule is CCC(C)c1ccc(OC(OCCOc2c(-c3ccccc3)cccc2-c2ccccc2)c2c3ccccc3cc3ccccc23)cc1. The maximum absolute atomic E-state index is 6.75. The molecule has 7 aromatic carbocycles. The molecule has 0 amide bonds. The van der Waals surface area contributed by atoms with Crippen molar-refractivity contribution in [2.75, 3.05) is 13.2 Å². The molecule has 0 aliphatic rings. The molecule has 2 atom stereocenters. The van der Waals surface area contributed by atoms with Crippen LogP contribution >= 0.6 is 0 Å². The van der Waals surface area contributed by atoms with Crippen molar-refractivity contribution in [2.45, 2.75) is 32.5 Å². The fourth-order valence-electron chi connectivity index (χ4n) is 6.39. The minimum atomic E-state index is -0.656. The summed E-state index contributed by atoms with van der Waals surface area (Å²) in [6.07, 6.45) is 0.435. The summed E-state index contributed by atoms with van der Waals surface area (Å²) in [5.74, 6) is 2.10. The Bertz CT molecular complexity index is 1990. The summed E-state index contributed by atoms with van der Waals surface area (Å²) in [5.41, 5.74) is 6.63. The van der Waals surface area contributed by atoms with Crippen LogP contribution in [-0.4, -0.2) is 13.2 Å². The highest BCUT2D eigenvalue weighted by Crippen LogP contribution is 2.40. The number of ether oxygens (including phenoxy) is 3. The molecule has 48 heavy (non-hydrogen) atoms. The van der Waals surface area contributed by atoms with Gasteiger partial charge in [0.05, 0.1) is 6.61 Å². The fraction of sp³-hybridized carbons (Fsp3) is 0.156. The molecule has 7 aromatic rings. The zero-order valence-electron chi connectivity index (χ0n) is 27.5. The highest BCUT2D eigenvalue weighted by atomic mass is 16.7. The Labute approximate surface area is 283 Å². The minimum absolute atomic E-state index is 0.324. The van der Waals surface area contributed by atoms with Gasteiger partial charge in [-0.25, -0.2) is 0 Å². The zero-order valence-corrected chi connectivity index (χ0v) is 27.5. The molecule has 0 saturated heterocycles. The van der Waals surface area contributed by atoms with Gasteiger partial charge in [-0.05, 0) is 68.8 Å². The maximum atomic E-state index is 6.75. The lowest BCUT2D eigenvalue weighted by Gasteiger charge is -2.24. The summed E-state index contributed by atoms with van der Waals surface area (Å²) < 4.78 is 20.1. The van der Waals surface area contributed by atoms with Crippen molar-refractivity contribution in [2.24, 2.45) is 0 Å². The molecule has 0 spiro atoms. The second-order valence-corrected chi connectivity index (χ2v) is 12.2. The van der Waals surface area contributed by atoms with E-state index in [2.05, 4.69) is 159 Å². The van der Waals surface area contributed by atoms with Gasteiger partial charge in [-0.2, -0.15) is 0 Å². The van der Waals surface area contributed by atoms with E-state index < -0.39 is 6.29 Å². The molecule has 0 N–H and O–H groups in total. The summed E-state index contributed by atoms with van der Waals surface area (Å²) in [6.45, 7) is 5.14. The lowest BCUT2D eigenvalue weighted by atomic mass is 9.96. The van der Waals surface area contributed by atoms with Gasteiger partial charge >= 0.3 is 0 Å². The molecule has 0 aromatic heterocycles. The van der Waals surface area contributed by atoms with Crippen molar-refractivity contribution in [3.63, 3.8) is 0 Å². The first kappa shape index (κ1) is 31.2. The van der Waals surface area contributed by atoms with Gasteiger partial charge in [0.2, 0.25) is 6.29 Å². The van der Waals surface area contributed by atoms with E-state index in [9.17, 15) is 0 Å². The van der Waals surface area contributed by atoms with Crippen LogP contribution in [0.1, 0.15) is 43.6 Å². The maximum Gasteiger partial charge on any atom is 0.228 e. The Balaban J connectivity index is 1.22. The van der Waals surface area contributed by atoms with Gasteiger partial charge in [0, 0.05) is 16.7 Å². The molecule has 0 radical (unpaired) electrons. The van der Waals surface area contributed by atoms with Gasteiger partial charge in [-0.3, -0.25) is 0 Å². The summed E-state index contributed by atoms with van der Waals surface area (Å²) in [7, 11) is 0. The lowest BCUT2D eigenvalue weighted by molar-refractivity contribution is -0.0884. The highest BCUT2D eigenvalue weighted by Gasteiger charge is 2.22. The Morgan fingerprint density at radius 2 is 1.08 bits per heavy atom. The number of hydrogen-bond acceptors (Lipinski definition) is 3. The largest absolute Gasteiger partial charge is 0.490 e. The van der Waals surface area contributed by atoms with Gasteiger partial charge < -0.3 is 14.2 Å². The predicted molar refractivity (Wildman–Crippen MR) is 199 cm³/mol. The number of benzene rings is 7. The van der Waals surface area contributed by atoms with Crippen LogP contribution in [0.2, 0.25) is 0 Å². The summed E-state index contributed by atoms with van der Waals surface area (Å²) >= 11 is 0. The third-order valence-electron chi connectivity index (χ3n) is 9.14. The van der Waals surface area contributed by atoms with Crippen LogP contribution in [0.15, 0.2) is 158 Å². The van der Waals surface area contributed by atoms with Crippen molar-refractivity contribution in [3.05, 3.63) is 169 Å². The molecule has 238 valence electrons. The van der Waals surface area contributed by atoms with Crippen molar-refractivity contribution in [1.29, 1.82) is 0 Å². The molecule has 0 heterocycles. The van der Waals surface area contributed by atoms with Crippen LogP contribution in [0.5, 0.6) is 11.5 Å². The van der Waals surface area contributed by atoms with Crippen molar-refractivity contribution in [1.82, 2.24) is 0 Å². The quantitative estimate of drug-likeness (QED) is 0.0765. The Morgan fingerprint density at radius 1 is 0.542 bits per heavy atom. The molecule has 0 aliphatic carbocycles. The lowest BCUT2D eigenvalue weighted by Crippen LogP contribution is -2.17. The van der Waals surface area contributed by atoms with Gasteiger partial charge in [-0.15, -0.1) is 0 Å². The first-order chi connectivity index (χ1) is 23.7. The first-order valence-electron chi connectivity index (χ1n) is 16.8. The standard InChI is InChI=1S/C45H40O3/c1-3-32(2)33-25-27-38(28-26-33)48-45(43-39-21-12-10-19-36(39)31-37-20-11-13-22-40(37)43)47-30-29-46-44-41(34-15-6-4-7-16-34)23-14-24-42(44)35-17-8-5-9-18-35/h4-28,31-32,45H,3,29-30H2,1-2H3. The van der Waals surface area contributed by atoms with Gasteiger partial charge in [0.1, 0.15) is 18.1 Å². The third kappa shape index (κ3) is 6.69. The molecule has 0 fully saturated rings. The van der Waals surface area contributed by atoms with Crippen LogP contribution < -0.4 is 9.47 Å². The first-order valence-corrected chi connectivity index (χ1v) is 16.8. The Morgan fingerprint density at radius 3 is 1.65 bits per heavy atom. The minimum Gasteiger partial charge on any atom is -0.490 e. The average Bonchev–Trinajstić information content (AvgIpc) is 3.15. The molecule has 7 rings (SSSR count). The van der Waals surface area contributed by atoms with Crippen LogP contribution in [-0.2, 0) is 4.74 Å². The third-order valence-corrected chi connectivity index (χ3v) is 9.14. The second kappa shape index (κ2) is 14.6. The van der Waals surface area contributed by atoms with Crippen molar-refractivity contribution < 1.29 is 14.2 Å². The molecule has 3 heteroatoms. The number of fused-ring (bicyclic) bond motifs is 2. The van der Waals surface area contributed by atoms with E-state index in [0.717, 1.165) is 67.3 Å². The average molecular weight is 629 g/mol. The predicted octanol–water partition coefficient (Wildman–Crippen LogP) is 12.0. The fourth-order valence-corrected chi connectivity index (χ4v) is 6.39. The van der Waals surface area contributed by atoms with Gasteiger partial charge in [-0.1, -0.05) is 153 Å². The topological polar surface area (TPSA) is 27.7 Å². The molecule has 3 nitrogen and oxygen atoms in total. The summed E-state index contributed by atoms with van der Waals surface area (Å²) in [5, 5.41) is 4.52. The number of hydrogen-bond donors (Lipinski definition) is 0. The molecule has 0 saturated carbocycles. The van der Waals surface area contributed by atoms with Crippen LogP contribution in [0, 0.1) is 0 Å². The van der Waals surface area contributed by atoms with Crippen molar-refractivity contribution >= 4 is 21.5 Å². The van der Waals surface area contributed by atoms with Gasteiger partial charge in [0.15, 0.2) is 0 Å². The van der Waals surface area contributed by atoms with Gasteiger partial charge in [0.25, 0.3) is 0 Å². The molecule has 0 aliphatic heterocycles. The molecular formula is C45H40O3. The Hall–Kier alpha value is -5.38. The van der Waals surface area contributed by atoms with Crippen LogP contribution in [0.3, 0.4) is 0 Å². The van der Waals surface area contributed by atoms with E-state index in [0.29, 0.717) is 19.1 Å². The van der Waals surface area contributed by atoms with Crippen LogP contribution in [0.4, 0.5) is 0 Å². The number of rotatable bonds is 12.